The number of ether oxygens (including phenoxy) is 1. The van der Waals surface area contributed by atoms with E-state index in [9.17, 15) is 4.39 Å². The lowest BCUT2D eigenvalue weighted by Crippen LogP contribution is -2.24. The first-order chi connectivity index (χ1) is 9.70. The third-order valence-electron chi connectivity index (χ3n) is 3.44. The van der Waals surface area contributed by atoms with Crippen LogP contribution in [0.3, 0.4) is 0 Å². The molecule has 1 saturated heterocycles. The molecule has 0 spiro atoms. The van der Waals surface area contributed by atoms with Gasteiger partial charge in [-0.15, -0.1) is 0 Å². The molecule has 4 heteroatoms. The minimum Gasteiger partial charge on any atom is -0.488 e. The van der Waals surface area contributed by atoms with Crippen molar-refractivity contribution in [3.8, 4) is 5.75 Å². The Labute approximate surface area is 126 Å². The summed E-state index contributed by atoms with van der Waals surface area (Å²) in [6.07, 6.45) is 1.15. The molecule has 1 heterocycles. The molecular formula is C16H15BrFNO. The van der Waals surface area contributed by atoms with Crippen LogP contribution in [0.15, 0.2) is 53.0 Å². The molecule has 0 saturated carbocycles. The van der Waals surface area contributed by atoms with E-state index >= 15 is 0 Å². The number of rotatable bonds is 3. The number of anilines is 1. The van der Waals surface area contributed by atoms with Crippen LogP contribution in [0.25, 0.3) is 0 Å². The highest BCUT2D eigenvalue weighted by Crippen LogP contribution is 2.25. The highest BCUT2D eigenvalue weighted by atomic mass is 79.9. The molecule has 1 fully saturated rings. The minimum atomic E-state index is -0.199. The monoisotopic (exact) mass is 335 g/mol. The lowest BCUT2D eigenvalue weighted by Gasteiger charge is -2.19. The molecule has 2 nitrogen and oxygen atoms in total. The van der Waals surface area contributed by atoms with E-state index in [1.165, 1.54) is 12.1 Å². The second-order valence-corrected chi connectivity index (χ2v) is 5.82. The van der Waals surface area contributed by atoms with Gasteiger partial charge in [-0.1, -0.05) is 22.0 Å². The van der Waals surface area contributed by atoms with Gasteiger partial charge >= 0.3 is 0 Å². The van der Waals surface area contributed by atoms with Gasteiger partial charge in [0, 0.05) is 23.1 Å². The van der Waals surface area contributed by atoms with Crippen LogP contribution >= 0.6 is 15.9 Å². The molecule has 0 N–H and O–H groups in total. The molecule has 20 heavy (non-hydrogen) atoms. The standard InChI is InChI=1S/C16H15BrFNO/c17-12-2-1-3-15(10-12)20-16-8-9-19(11-16)14-6-4-13(18)5-7-14/h1-7,10,16H,8-9,11H2. The van der Waals surface area contributed by atoms with Crippen molar-refractivity contribution in [1.29, 1.82) is 0 Å². The van der Waals surface area contributed by atoms with Gasteiger partial charge in [-0.05, 0) is 42.5 Å². The Hall–Kier alpha value is -1.55. The molecule has 0 amide bonds. The minimum absolute atomic E-state index is 0.175. The highest BCUT2D eigenvalue weighted by molar-refractivity contribution is 9.10. The van der Waals surface area contributed by atoms with E-state index in [4.69, 9.17) is 4.74 Å². The van der Waals surface area contributed by atoms with E-state index in [0.717, 1.165) is 35.4 Å². The van der Waals surface area contributed by atoms with Crippen LogP contribution < -0.4 is 9.64 Å². The van der Waals surface area contributed by atoms with Gasteiger partial charge in [0.15, 0.2) is 0 Å². The Morgan fingerprint density at radius 1 is 1.15 bits per heavy atom. The third kappa shape index (κ3) is 3.12. The topological polar surface area (TPSA) is 12.5 Å². The molecule has 104 valence electrons. The Balaban J connectivity index is 1.63. The van der Waals surface area contributed by atoms with Gasteiger partial charge in [-0.25, -0.2) is 4.39 Å². The molecule has 3 rings (SSSR count). The molecule has 1 aliphatic heterocycles. The molecule has 0 radical (unpaired) electrons. The maximum atomic E-state index is 12.9. The summed E-state index contributed by atoms with van der Waals surface area (Å²) in [5.74, 6) is 0.681. The first-order valence-corrected chi connectivity index (χ1v) is 7.43. The Morgan fingerprint density at radius 2 is 1.95 bits per heavy atom. The maximum Gasteiger partial charge on any atom is 0.123 e. The molecule has 1 atom stereocenters. The van der Waals surface area contributed by atoms with Crippen molar-refractivity contribution in [3.63, 3.8) is 0 Å². The largest absolute Gasteiger partial charge is 0.488 e. The van der Waals surface area contributed by atoms with Crippen molar-refractivity contribution >= 4 is 21.6 Å². The second kappa shape index (κ2) is 5.83. The molecule has 2 aromatic rings. The summed E-state index contributed by atoms with van der Waals surface area (Å²) in [7, 11) is 0. The van der Waals surface area contributed by atoms with Crippen molar-refractivity contribution in [2.45, 2.75) is 12.5 Å². The van der Waals surface area contributed by atoms with Crippen LogP contribution in [0.5, 0.6) is 5.75 Å². The lowest BCUT2D eigenvalue weighted by molar-refractivity contribution is 0.225. The van der Waals surface area contributed by atoms with Gasteiger partial charge in [0.2, 0.25) is 0 Å². The normalized spacial score (nSPS) is 18.3. The van der Waals surface area contributed by atoms with Crippen LogP contribution in [-0.4, -0.2) is 19.2 Å². The number of nitrogens with zero attached hydrogens (tertiary/aromatic N) is 1. The zero-order valence-electron chi connectivity index (χ0n) is 10.9. The van der Waals surface area contributed by atoms with Crippen molar-refractivity contribution in [3.05, 3.63) is 58.8 Å². The molecular weight excluding hydrogens is 321 g/mol. The fraction of sp³-hybridized carbons (Fsp3) is 0.250. The van der Waals surface area contributed by atoms with E-state index in [-0.39, 0.29) is 11.9 Å². The lowest BCUT2D eigenvalue weighted by atomic mass is 10.3. The summed E-state index contributed by atoms with van der Waals surface area (Å²) in [6, 6.07) is 14.5. The van der Waals surface area contributed by atoms with Gasteiger partial charge in [-0.3, -0.25) is 0 Å². The quantitative estimate of drug-likeness (QED) is 0.831. The third-order valence-corrected chi connectivity index (χ3v) is 3.93. The van der Waals surface area contributed by atoms with E-state index in [1.807, 2.05) is 36.4 Å². The predicted molar refractivity (Wildman–Crippen MR) is 81.8 cm³/mol. The maximum absolute atomic E-state index is 12.9. The number of hydrogen-bond acceptors (Lipinski definition) is 2. The summed E-state index contributed by atoms with van der Waals surface area (Å²) in [5, 5.41) is 0. The van der Waals surface area contributed by atoms with E-state index in [0.29, 0.717) is 0 Å². The van der Waals surface area contributed by atoms with Gasteiger partial charge < -0.3 is 9.64 Å². The van der Waals surface area contributed by atoms with Gasteiger partial charge in [0.05, 0.1) is 6.54 Å². The second-order valence-electron chi connectivity index (χ2n) is 4.91. The number of halogens is 2. The average Bonchev–Trinajstić information content (AvgIpc) is 2.88. The van der Waals surface area contributed by atoms with Gasteiger partial charge in [0.25, 0.3) is 0 Å². The number of benzene rings is 2. The smallest absolute Gasteiger partial charge is 0.123 e. The van der Waals surface area contributed by atoms with Crippen molar-refractivity contribution < 1.29 is 9.13 Å². The molecule has 1 unspecified atom stereocenters. The Morgan fingerprint density at radius 3 is 2.70 bits per heavy atom. The molecule has 0 bridgehead atoms. The average molecular weight is 336 g/mol. The molecule has 2 aromatic carbocycles. The zero-order valence-corrected chi connectivity index (χ0v) is 12.5. The molecule has 1 aliphatic rings. The molecule has 0 aromatic heterocycles. The summed E-state index contributed by atoms with van der Waals surface area (Å²) in [6.45, 7) is 1.77. The van der Waals surface area contributed by atoms with Gasteiger partial charge in [0.1, 0.15) is 17.7 Å². The van der Waals surface area contributed by atoms with E-state index in [2.05, 4.69) is 20.8 Å². The van der Waals surface area contributed by atoms with Crippen LogP contribution in [-0.2, 0) is 0 Å². The SMILES string of the molecule is Fc1ccc(N2CCC(Oc3cccc(Br)c3)C2)cc1. The van der Waals surface area contributed by atoms with Crippen LogP contribution in [0.2, 0.25) is 0 Å². The van der Waals surface area contributed by atoms with Crippen molar-refractivity contribution in [1.82, 2.24) is 0 Å². The fourth-order valence-corrected chi connectivity index (χ4v) is 2.82. The highest BCUT2D eigenvalue weighted by Gasteiger charge is 2.24. The summed E-state index contributed by atoms with van der Waals surface area (Å²) >= 11 is 3.44. The Kier molecular flexibility index (Phi) is 3.92. The first-order valence-electron chi connectivity index (χ1n) is 6.63. The first kappa shape index (κ1) is 13.4. The van der Waals surface area contributed by atoms with Crippen LogP contribution in [0, 0.1) is 5.82 Å². The summed E-state index contributed by atoms with van der Waals surface area (Å²) < 4.78 is 19.9. The molecule has 0 aliphatic carbocycles. The van der Waals surface area contributed by atoms with Gasteiger partial charge in [-0.2, -0.15) is 0 Å². The van der Waals surface area contributed by atoms with Crippen molar-refractivity contribution in [2.24, 2.45) is 0 Å². The fourth-order valence-electron chi connectivity index (χ4n) is 2.44. The number of hydrogen-bond donors (Lipinski definition) is 0. The summed E-state index contributed by atoms with van der Waals surface area (Å²) in [4.78, 5) is 2.22. The van der Waals surface area contributed by atoms with E-state index in [1.54, 1.807) is 0 Å². The predicted octanol–water partition coefficient (Wildman–Crippen LogP) is 4.25. The van der Waals surface area contributed by atoms with Crippen LogP contribution in [0.1, 0.15) is 6.42 Å². The van der Waals surface area contributed by atoms with Crippen molar-refractivity contribution in [2.75, 3.05) is 18.0 Å². The summed E-state index contributed by atoms with van der Waals surface area (Å²) in [5.41, 5.74) is 1.05. The zero-order chi connectivity index (χ0) is 13.9. The van der Waals surface area contributed by atoms with E-state index < -0.39 is 0 Å². The Bertz CT molecular complexity index is 587. The van der Waals surface area contributed by atoms with Crippen LogP contribution in [0.4, 0.5) is 10.1 Å².